The largest absolute Gasteiger partial charge is 0.348 e. The molecule has 0 aliphatic rings. The molecule has 0 aromatic carbocycles. The number of hydrogen-bond donors (Lipinski definition) is 1. The molecule has 0 saturated carbocycles. The van der Waals surface area contributed by atoms with Gasteiger partial charge in [-0.15, -0.1) is 0 Å². The minimum absolute atomic E-state index is 0.937. The monoisotopic (exact) mass is 232 g/mol. The van der Waals surface area contributed by atoms with E-state index in [1.807, 2.05) is 19.3 Å². The van der Waals surface area contributed by atoms with E-state index in [9.17, 15) is 0 Å². The van der Waals surface area contributed by atoms with Crippen molar-refractivity contribution in [1.82, 2.24) is 19.4 Å². The van der Waals surface area contributed by atoms with Gasteiger partial charge >= 0.3 is 0 Å². The summed E-state index contributed by atoms with van der Waals surface area (Å²) in [6.07, 6.45) is 6.02. The lowest BCUT2D eigenvalue weighted by molar-refractivity contribution is 0.544. The highest BCUT2D eigenvalue weighted by Gasteiger charge is 2.01. The van der Waals surface area contributed by atoms with E-state index in [1.54, 1.807) is 0 Å². The van der Waals surface area contributed by atoms with Gasteiger partial charge in [-0.05, 0) is 25.6 Å². The van der Waals surface area contributed by atoms with Crippen LogP contribution in [0, 0.1) is 6.92 Å². The van der Waals surface area contributed by atoms with Crippen LogP contribution in [-0.2, 0) is 19.6 Å². The molecule has 0 atom stereocenters. The molecule has 0 saturated heterocycles. The second-order valence-corrected chi connectivity index (χ2v) is 4.14. The molecular formula is C13H20N4. The quantitative estimate of drug-likeness (QED) is 0.824. The third kappa shape index (κ3) is 2.97. The van der Waals surface area contributed by atoms with Crippen molar-refractivity contribution in [3.05, 3.63) is 42.2 Å². The van der Waals surface area contributed by atoms with Crippen LogP contribution in [0.3, 0.4) is 0 Å². The Hall–Kier alpha value is -1.55. The van der Waals surface area contributed by atoms with Crippen LogP contribution in [-0.4, -0.2) is 20.7 Å². The first-order chi connectivity index (χ1) is 8.31. The van der Waals surface area contributed by atoms with Gasteiger partial charge in [-0.3, -0.25) is 0 Å². The Bertz CT molecular complexity index is 455. The molecule has 0 fully saturated rings. The molecule has 2 aromatic rings. The zero-order valence-corrected chi connectivity index (χ0v) is 10.6. The van der Waals surface area contributed by atoms with E-state index >= 15 is 0 Å². The van der Waals surface area contributed by atoms with Crippen molar-refractivity contribution in [1.29, 1.82) is 0 Å². The van der Waals surface area contributed by atoms with Gasteiger partial charge in [0.1, 0.15) is 5.82 Å². The Balaban J connectivity index is 1.95. The van der Waals surface area contributed by atoms with E-state index in [4.69, 9.17) is 0 Å². The predicted octanol–water partition coefficient (Wildman–Crippen LogP) is 1.80. The van der Waals surface area contributed by atoms with Crippen molar-refractivity contribution in [3.8, 4) is 0 Å². The number of aromatic nitrogens is 3. The second-order valence-electron chi connectivity index (χ2n) is 4.14. The van der Waals surface area contributed by atoms with Gasteiger partial charge in [0, 0.05) is 43.9 Å². The molecule has 0 aliphatic carbocycles. The summed E-state index contributed by atoms with van der Waals surface area (Å²) in [5, 5.41) is 3.36. The highest BCUT2D eigenvalue weighted by atomic mass is 15.1. The minimum Gasteiger partial charge on any atom is -0.348 e. The SMILES string of the molecule is CCNCc1cccn1CCn1ccnc1C. The van der Waals surface area contributed by atoms with Gasteiger partial charge in [0.15, 0.2) is 0 Å². The Kier molecular flexibility index (Phi) is 3.98. The van der Waals surface area contributed by atoms with Crippen molar-refractivity contribution in [2.75, 3.05) is 6.54 Å². The summed E-state index contributed by atoms with van der Waals surface area (Å²) in [6, 6.07) is 4.27. The molecule has 17 heavy (non-hydrogen) atoms. The van der Waals surface area contributed by atoms with Crippen molar-refractivity contribution in [2.24, 2.45) is 0 Å². The zero-order chi connectivity index (χ0) is 12.1. The fraction of sp³-hybridized carbons (Fsp3) is 0.462. The molecule has 4 heteroatoms. The van der Waals surface area contributed by atoms with E-state index in [1.165, 1.54) is 5.69 Å². The van der Waals surface area contributed by atoms with Crippen LogP contribution in [0.5, 0.6) is 0 Å². The van der Waals surface area contributed by atoms with E-state index in [0.717, 1.165) is 32.0 Å². The van der Waals surface area contributed by atoms with Crippen LogP contribution in [0.2, 0.25) is 0 Å². The molecule has 4 nitrogen and oxygen atoms in total. The number of nitrogens with one attached hydrogen (secondary N) is 1. The fourth-order valence-corrected chi connectivity index (χ4v) is 1.94. The maximum absolute atomic E-state index is 4.23. The number of rotatable bonds is 6. The summed E-state index contributed by atoms with van der Waals surface area (Å²) in [5.41, 5.74) is 1.34. The summed E-state index contributed by atoms with van der Waals surface area (Å²) in [4.78, 5) is 4.23. The normalized spacial score (nSPS) is 10.9. The molecule has 0 spiro atoms. The molecule has 0 bridgehead atoms. The fourth-order valence-electron chi connectivity index (χ4n) is 1.94. The van der Waals surface area contributed by atoms with Gasteiger partial charge in [0.05, 0.1) is 0 Å². The number of hydrogen-bond acceptors (Lipinski definition) is 2. The third-order valence-electron chi connectivity index (χ3n) is 2.99. The van der Waals surface area contributed by atoms with Crippen molar-refractivity contribution < 1.29 is 0 Å². The molecule has 2 rings (SSSR count). The molecule has 1 N–H and O–H groups in total. The first kappa shape index (κ1) is 11.9. The van der Waals surface area contributed by atoms with Gasteiger partial charge in [-0.2, -0.15) is 0 Å². The Morgan fingerprint density at radius 3 is 2.76 bits per heavy atom. The van der Waals surface area contributed by atoms with E-state index in [0.29, 0.717) is 0 Å². The van der Waals surface area contributed by atoms with Crippen LogP contribution < -0.4 is 5.32 Å². The Labute approximate surface area is 102 Å². The predicted molar refractivity (Wildman–Crippen MR) is 68.8 cm³/mol. The first-order valence-electron chi connectivity index (χ1n) is 6.13. The number of nitrogens with zero attached hydrogens (tertiary/aromatic N) is 3. The second kappa shape index (κ2) is 5.68. The maximum Gasteiger partial charge on any atom is 0.105 e. The molecule has 0 radical (unpaired) electrons. The summed E-state index contributed by atoms with van der Waals surface area (Å²) in [6.45, 7) is 8.07. The molecule has 2 heterocycles. The van der Waals surface area contributed by atoms with Gasteiger partial charge in [-0.25, -0.2) is 4.98 Å². The number of imidazole rings is 1. The molecule has 0 unspecified atom stereocenters. The van der Waals surface area contributed by atoms with Crippen LogP contribution in [0.4, 0.5) is 0 Å². The summed E-state index contributed by atoms with van der Waals surface area (Å²) < 4.78 is 4.47. The topological polar surface area (TPSA) is 34.8 Å². The third-order valence-corrected chi connectivity index (χ3v) is 2.99. The highest BCUT2D eigenvalue weighted by molar-refractivity contribution is 5.06. The van der Waals surface area contributed by atoms with Crippen LogP contribution in [0.25, 0.3) is 0 Å². The summed E-state index contributed by atoms with van der Waals surface area (Å²) >= 11 is 0. The van der Waals surface area contributed by atoms with E-state index in [2.05, 4.69) is 44.7 Å². The lowest BCUT2D eigenvalue weighted by Crippen LogP contribution is -2.16. The van der Waals surface area contributed by atoms with Gasteiger partial charge in [0.2, 0.25) is 0 Å². The molecule has 2 aromatic heterocycles. The smallest absolute Gasteiger partial charge is 0.105 e. The van der Waals surface area contributed by atoms with E-state index < -0.39 is 0 Å². The van der Waals surface area contributed by atoms with Crippen molar-refractivity contribution in [2.45, 2.75) is 33.5 Å². The zero-order valence-electron chi connectivity index (χ0n) is 10.6. The van der Waals surface area contributed by atoms with Crippen LogP contribution >= 0.6 is 0 Å². The highest BCUT2D eigenvalue weighted by Crippen LogP contribution is 2.04. The standard InChI is InChI=1S/C13H20N4/c1-3-14-11-13-5-4-7-17(13)10-9-16-8-6-15-12(16)2/h4-8,14H,3,9-11H2,1-2H3. The average Bonchev–Trinajstić information content (AvgIpc) is 2.93. The maximum atomic E-state index is 4.23. The first-order valence-corrected chi connectivity index (χ1v) is 6.13. The Morgan fingerprint density at radius 1 is 1.24 bits per heavy atom. The van der Waals surface area contributed by atoms with Crippen molar-refractivity contribution >= 4 is 0 Å². The van der Waals surface area contributed by atoms with Gasteiger partial charge in [-0.1, -0.05) is 6.92 Å². The average molecular weight is 232 g/mol. The van der Waals surface area contributed by atoms with E-state index in [-0.39, 0.29) is 0 Å². The molecule has 92 valence electrons. The van der Waals surface area contributed by atoms with Crippen LogP contribution in [0.1, 0.15) is 18.4 Å². The van der Waals surface area contributed by atoms with Gasteiger partial charge < -0.3 is 14.5 Å². The lowest BCUT2D eigenvalue weighted by atomic mass is 10.4. The van der Waals surface area contributed by atoms with Crippen LogP contribution in [0.15, 0.2) is 30.7 Å². The number of aryl methyl sites for hydroxylation is 3. The molecule has 0 amide bonds. The molecule has 0 aliphatic heterocycles. The lowest BCUT2D eigenvalue weighted by Gasteiger charge is -2.11. The summed E-state index contributed by atoms with van der Waals surface area (Å²) in [5.74, 6) is 1.07. The van der Waals surface area contributed by atoms with Crippen molar-refractivity contribution in [3.63, 3.8) is 0 Å². The van der Waals surface area contributed by atoms with Gasteiger partial charge in [0.25, 0.3) is 0 Å². The minimum atomic E-state index is 0.937. The molecular weight excluding hydrogens is 212 g/mol. The summed E-state index contributed by atoms with van der Waals surface area (Å²) in [7, 11) is 0. The Morgan fingerprint density at radius 2 is 2.06 bits per heavy atom.